The normalized spacial score (nSPS) is 10.5. The first-order valence-electron chi connectivity index (χ1n) is 6.56. The number of nitrogens with zero attached hydrogens (tertiary/aromatic N) is 1. The molecule has 0 bridgehead atoms. The summed E-state index contributed by atoms with van der Waals surface area (Å²) in [6.45, 7) is 0.432. The molecule has 0 aliphatic heterocycles. The summed E-state index contributed by atoms with van der Waals surface area (Å²) in [5.74, 6) is 0.568. The lowest BCUT2D eigenvalue weighted by Gasteiger charge is -2.05. The molecule has 0 saturated heterocycles. The third-order valence-corrected chi connectivity index (χ3v) is 3.97. The Morgan fingerprint density at radius 2 is 1.95 bits per heavy atom. The van der Waals surface area contributed by atoms with E-state index in [-0.39, 0.29) is 5.91 Å². The summed E-state index contributed by atoms with van der Waals surface area (Å²) in [5, 5.41) is 3.63. The summed E-state index contributed by atoms with van der Waals surface area (Å²) in [5.41, 5.74) is 1.64. The van der Waals surface area contributed by atoms with Gasteiger partial charge in [0.25, 0.3) is 5.91 Å². The van der Waals surface area contributed by atoms with E-state index in [0.29, 0.717) is 18.1 Å². The van der Waals surface area contributed by atoms with Gasteiger partial charge in [-0.25, -0.2) is 0 Å². The third-order valence-electron chi connectivity index (χ3n) is 3.16. The number of fused-ring (bicyclic) bond motifs is 1. The summed E-state index contributed by atoms with van der Waals surface area (Å²) in [7, 11) is 1.62. The number of hydrogen-bond donors (Lipinski definition) is 1. The topological polar surface area (TPSA) is 51.2 Å². The Morgan fingerprint density at radius 1 is 1.19 bits per heavy atom. The van der Waals surface area contributed by atoms with E-state index in [4.69, 9.17) is 4.74 Å². The molecule has 3 aromatic rings. The third kappa shape index (κ3) is 2.87. The van der Waals surface area contributed by atoms with Crippen LogP contribution in [0.2, 0.25) is 0 Å². The van der Waals surface area contributed by atoms with Gasteiger partial charge in [0.15, 0.2) is 0 Å². The second kappa shape index (κ2) is 5.93. The minimum Gasteiger partial charge on any atom is -0.472 e. The first kappa shape index (κ1) is 13.6. The van der Waals surface area contributed by atoms with E-state index in [9.17, 15) is 4.79 Å². The number of benzene rings is 2. The zero-order valence-electron chi connectivity index (χ0n) is 11.5. The van der Waals surface area contributed by atoms with Gasteiger partial charge in [0.05, 0.1) is 10.1 Å². The Balaban J connectivity index is 1.71. The van der Waals surface area contributed by atoms with E-state index in [1.807, 2.05) is 36.4 Å². The van der Waals surface area contributed by atoms with Crippen LogP contribution in [0.5, 0.6) is 5.88 Å². The number of aromatic nitrogens is 1. The molecule has 0 spiro atoms. The minimum atomic E-state index is -0.0898. The minimum absolute atomic E-state index is 0.0898. The molecule has 0 aliphatic carbocycles. The number of carbonyl (C=O) groups excluding carboxylic acids is 1. The van der Waals surface area contributed by atoms with Crippen molar-refractivity contribution in [2.24, 2.45) is 0 Å². The monoisotopic (exact) mass is 298 g/mol. The van der Waals surface area contributed by atoms with Crippen LogP contribution in [-0.4, -0.2) is 17.3 Å². The highest BCUT2D eigenvalue weighted by Crippen LogP contribution is 2.28. The molecular formula is C16H14N2O2S. The van der Waals surface area contributed by atoms with E-state index in [2.05, 4.69) is 9.69 Å². The molecule has 1 heterocycles. The van der Waals surface area contributed by atoms with Crippen molar-refractivity contribution in [2.75, 3.05) is 7.05 Å². The van der Waals surface area contributed by atoms with Crippen LogP contribution >= 0.6 is 11.5 Å². The average Bonchev–Trinajstić information content (AvgIpc) is 2.96. The maximum atomic E-state index is 11.5. The number of carbonyl (C=O) groups is 1. The van der Waals surface area contributed by atoms with Crippen LogP contribution in [0.3, 0.4) is 0 Å². The predicted octanol–water partition coefficient (Wildman–Crippen LogP) is 3.23. The van der Waals surface area contributed by atoms with Crippen molar-refractivity contribution in [3.05, 3.63) is 59.7 Å². The molecule has 1 aromatic heterocycles. The summed E-state index contributed by atoms with van der Waals surface area (Å²) in [6, 6.07) is 15.3. The molecule has 1 amide bonds. The van der Waals surface area contributed by atoms with Crippen molar-refractivity contribution in [3.8, 4) is 5.88 Å². The van der Waals surface area contributed by atoms with Crippen molar-refractivity contribution in [3.63, 3.8) is 0 Å². The maximum Gasteiger partial charge on any atom is 0.251 e. The van der Waals surface area contributed by atoms with Gasteiger partial charge in [0, 0.05) is 12.6 Å². The van der Waals surface area contributed by atoms with Crippen LogP contribution < -0.4 is 10.1 Å². The van der Waals surface area contributed by atoms with Gasteiger partial charge in [-0.3, -0.25) is 4.79 Å². The van der Waals surface area contributed by atoms with Crippen LogP contribution in [0.4, 0.5) is 0 Å². The van der Waals surface area contributed by atoms with Gasteiger partial charge >= 0.3 is 0 Å². The van der Waals surface area contributed by atoms with Gasteiger partial charge in [-0.1, -0.05) is 24.3 Å². The van der Waals surface area contributed by atoms with Crippen molar-refractivity contribution in [1.29, 1.82) is 0 Å². The fourth-order valence-electron chi connectivity index (χ4n) is 2.02. The summed E-state index contributed by atoms with van der Waals surface area (Å²) in [6.07, 6.45) is 0. The molecule has 3 rings (SSSR count). The quantitative estimate of drug-likeness (QED) is 0.804. The molecule has 0 aliphatic rings. The molecule has 0 unspecified atom stereocenters. The largest absolute Gasteiger partial charge is 0.472 e. The lowest BCUT2D eigenvalue weighted by atomic mass is 10.1. The number of hydrogen-bond acceptors (Lipinski definition) is 4. The number of amides is 1. The van der Waals surface area contributed by atoms with Crippen LogP contribution in [-0.2, 0) is 6.61 Å². The Kier molecular flexibility index (Phi) is 3.83. The van der Waals surface area contributed by atoms with Crippen LogP contribution in [0.1, 0.15) is 15.9 Å². The zero-order chi connectivity index (χ0) is 14.7. The maximum absolute atomic E-state index is 11.5. The Bertz CT molecular complexity index is 765. The predicted molar refractivity (Wildman–Crippen MR) is 83.8 cm³/mol. The van der Waals surface area contributed by atoms with Crippen molar-refractivity contribution in [1.82, 2.24) is 9.69 Å². The van der Waals surface area contributed by atoms with E-state index >= 15 is 0 Å². The first-order chi connectivity index (χ1) is 10.3. The zero-order valence-corrected chi connectivity index (χ0v) is 12.3. The fourth-order valence-corrected chi connectivity index (χ4v) is 2.74. The van der Waals surface area contributed by atoms with Crippen molar-refractivity contribution < 1.29 is 9.53 Å². The lowest BCUT2D eigenvalue weighted by molar-refractivity contribution is 0.0963. The van der Waals surface area contributed by atoms with Crippen molar-refractivity contribution >= 4 is 27.5 Å². The molecule has 106 valence electrons. The molecule has 1 N–H and O–H groups in total. The van der Waals surface area contributed by atoms with Gasteiger partial charge < -0.3 is 10.1 Å². The van der Waals surface area contributed by atoms with E-state index < -0.39 is 0 Å². The van der Waals surface area contributed by atoms with Gasteiger partial charge in [0.1, 0.15) is 6.61 Å². The van der Waals surface area contributed by atoms with E-state index in [1.54, 1.807) is 19.2 Å². The second-order valence-electron chi connectivity index (χ2n) is 4.55. The molecule has 5 heteroatoms. The number of nitrogens with one attached hydrogen (secondary N) is 1. The van der Waals surface area contributed by atoms with E-state index in [0.717, 1.165) is 15.6 Å². The number of rotatable bonds is 4. The second-order valence-corrected chi connectivity index (χ2v) is 5.35. The SMILES string of the molecule is CNC(=O)c1ccc(COc2nsc3ccccc23)cc1. The lowest BCUT2D eigenvalue weighted by Crippen LogP contribution is -2.17. The van der Waals surface area contributed by atoms with Gasteiger partial charge in [0.2, 0.25) is 5.88 Å². The van der Waals surface area contributed by atoms with Crippen molar-refractivity contribution in [2.45, 2.75) is 6.61 Å². The number of ether oxygens (including phenoxy) is 1. The smallest absolute Gasteiger partial charge is 0.251 e. The average molecular weight is 298 g/mol. The Labute approximate surface area is 126 Å². The van der Waals surface area contributed by atoms with Gasteiger partial charge in [-0.05, 0) is 41.4 Å². The van der Waals surface area contributed by atoms with Gasteiger partial charge in [-0.15, -0.1) is 0 Å². The Hall–Kier alpha value is -2.40. The summed E-state index contributed by atoms with van der Waals surface area (Å²) in [4.78, 5) is 11.5. The molecular weight excluding hydrogens is 284 g/mol. The van der Waals surface area contributed by atoms with E-state index in [1.165, 1.54) is 11.5 Å². The highest BCUT2D eigenvalue weighted by Gasteiger charge is 2.07. The van der Waals surface area contributed by atoms with Crippen LogP contribution in [0, 0.1) is 0 Å². The molecule has 0 radical (unpaired) electrons. The molecule has 4 nitrogen and oxygen atoms in total. The van der Waals surface area contributed by atoms with Crippen LogP contribution in [0.25, 0.3) is 10.1 Å². The summed E-state index contributed by atoms with van der Waals surface area (Å²) >= 11 is 1.43. The molecule has 2 aromatic carbocycles. The first-order valence-corrected chi connectivity index (χ1v) is 7.33. The molecule has 21 heavy (non-hydrogen) atoms. The highest BCUT2D eigenvalue weighted by atomic mass is 32.1. The van der Waals surface area contributed by atoms with Crippen LogP contribution in [0.15, 0.2) is 48.5 Å². The highest BCUT2D eigenvalue weighted by molar-refractivity contribution is 7.13. The molecule has 0 fully saturated rings. The fraction of sp³-hybridized carbons (Fsp3) is 0.125. The molecule has 0 atom stereocenters. The summed E-state index contributed by atoms with van der Waals surface area (Å²) < 4.78 is 11.2. The standard InChI is InChI=1S/C16H14N2O2S/c1-17-15(19)12-8-6-11(7-9-12)10-20-16-13-4-2-3-5-14(13)21-18-16/h2-9H,10H2,1H3,(H,17,19). The molecule has 0 saturated carbocycles. The van der Waals surface area contributed by atoms with Gasteiger partial charge in [-0.2, -0.15) is 4.37 Å². The Morgan fingerprint density at radius 3 is 2.71 bits per heavy atom.